The van der Waals surface area contributed by atoms with Crippen molar-refractivity contribution in [1.82, 2.24) is 4.90 Å². The molecule has 2 aromatic rings. The van der Waals surface area contributed by atoms with Crippen molar-refractivity contribution < 1.29 is 14.0 Å². The van der Waals surface area contributed by atoms with E-state index < -0.39 is 17.8 Å². The predicted octanol–water partition coefficient (Wildman–Crippen LogP) is 2.33. The lowest BCUT2D eigenvalue weighted by atomic mass is 9.93. The maximum Gasteiger partial charge on any atom is 0.238 e. The predicted molar refractivity (Wildman–Crippen MR) is 93.6 cm³/mol. The quantitative estimate of drug-likeness (QED) is 0.877. The van der Waals surface area contributed by atoms with Crippen LogP contribution < -0.4 is 11.1 Å². The Hall–Kier alpha value is -2.44. The molecule has 3 rings (SSSR count). The monoisotopic (exact) mass is 361 g/mol. The van der Waals surface area contributed by atoms with Crippen LogP contribution in [0.25, 0.3) is 0 Å². The molecule has 0 bridgehead atoms. The fourth-order valence-electron chi connectivity index (χ4n) is 2.98. The summed E-state index contributed by atoms with van der Waals surface area (Å²) in [6, 6.07) is 11.2. The standard InChI is InChI=1S/C18H17ClFN3O2/c19-14-8-13(5-6-15(14)20)22-17(24)10-23-9-12-4-2-1-3-11(12)7-16(23)18(21)25/h1-6,8,16H,7,9-10H2,(H2,21,25)(H,22,24)/t16-/m0/s1. The molecule has 0 unspecified atom stereocenters. The fourth-order valence-corrected chi connectivity index (χ4v) is 3.16. The van der Waals surface area contributed by atoms with E-state index in [1.165, 1.54) is 18.2 Å². The number of carbonyl (C=O) groups excluding carboxylic acids is 2. The van der Waals surface area contributed by atoms with Gasteiger partial charge in [0.25, 0.3) is 0 Å². The molecule has 0 saturated carbocycles. The van der Waals surface area contributed by atoms with Gasteiger partial charge in [-0.25, -0.2) is 4.39 Å². The van der Waals surface area contributed by atoms with Crippen molar-refractivity contribution in [2.45, 2.75) is 19.0 Å². The van der Waals surface area contributed by atoms with Crippen molar-refractivity contribution in [1.29, 1.82) is 0 Å². The smallest absolute Gasteiger partial charge is 0.238 e. The number of rotatable bonds is 4. The normalized spacial score (nSPS) is 17.0. The highest BCUT2D eigenvalue weighted by Gasteiger charge is 2.31. The van der Waals surface area contributed by atoms with Gasteiger partial charge in [0.05, 0.1) is 17.6 Å². The maximum absolute atomic E-state index is 13.2. The average molecular weight is 362 g/mol. The Balaban J connectivity index is 1.72. The molecule has 0 radical (unpaired) electrons. The molecule has 3 N–H and O–H groups in total. The molecule has 2 amide bonds. The first-order valence-electron chi connectivity index (χ1n) is 7.79. The molecule has 130 valence electrons. The van der Waals surface area contributed by atoms with Crippen molar-refractivity contribution in [3.63, 3.8) is 0 Å². The van der Waals surface area contributed by atoms with Crippen LogP contribution in [0.3, 0.4) is 0 Å². The molecule has 5 nitrogen and oxygen atoms in total. The van der Waals surface area contributed by atoms with Gasteiger partial charge in [0.1, 0.15) is 5.82 Å². The SMILES string of the molecule is NC(=O)[C@@H]1Cc2ccccc2CN1CC(=O)Nc1ccc(F)c(Cl)c1. The molecular weight excluding hydrogens is 345 g/mol. The van der Waals surface area contributed by atoms with Crippen molar-refractivity contribution in [3.8, 4) is 0 Å². The molecule has 0 spiro atoms. The molecule has 7 heteroatoms. The van der Waals surface area contributed by atoms with Gasteiger partial charge in [-0.15, -0.1) is 0 Å². The van der Waals surface area contributed by atoms with E-state index in [2.05, 4.69) is 5.32 Å². The van der Waals surface area contributed by atoms with Gasteiger partial charge in [-0.2, -0.15) is 0 Å². The van der Waals surface area contributed by atoms with Crippen LogP contribution in [-0.4, -0.2) is 29.3 Å². The van der Waals surface area contributed by atoms with Crippen molar-refractivity contribution in [3.05, 3.63) is 64.4 Å². The minimum atomic E-state index is -0.555. The van der Waals surface area contributed by atoms with Crippen LogP contribution in [0.2, 0.25) is 5.02 Å². The number of nitrogens with one attached hydrogen (secondary N) is 1. The highest BCUT2D eigenvalue weighted by atomic mass is 35.5. The van der Waals surface area contributed by atoms with E-state index in [4.69, 9.17) is 17.3 Å². The third-order valence-corrected chi connectivity index (χ3v) is 4.51. The molecule has 2 aromatic carbocycles. The first-order valence-corrected chi connectivity index (χ1v) is 8.17. The number of benzene rings is 2. The number of primary amides is 1. The zero-order valence-electron chi connectivity index (χ0n) is 13.3. The van der Waals surface area contributed by atoms with Crippen molar-refractivity contribution in [2.75, 3.05) is 11.9 Å². The van der Waals surface area contributed by atoms with Crippen LogP contribution >= 0.6 is 11.6 Å². The number of hydrogen-bond acceptors (Lipinski definition) is 3. The summed E-state index contributed by atoms with van der Waals surface area (Å²) in [5.74, 6) is -1.35. The summed E-state index contributed by atoms with van der Waals surface area (Å²) in [6.45, 7) is 0.457. The van der Waals surface area contributed by atoms with Crippen LogP contribution in [-0.2, 0) is 22.6 Å². The molecule has 1 aliphatic rings. The molecule has 25 heavy (non-hydrogen) atoms. The van der Waals surface area contributed by atoms with Gasteiger partial charge in [0, 0.05) is 12.2 Å². The van der Waals surface area contributed by atoms with Gasteiger partial charge in [0.15, 0.2) is 0 Å². The fraction of sp³-hybridized carbons (Fsp3) is 0.222. The van der Waals surface area contributed by atoms with Gasteiger partial charge < -0.3 is 11.1 Å². The van der Waals surface area contributed by atoms with Gasteiger partial charge in [-0.05, 0) is 35.7 Å². The minimum Gasteiger partial charge on any atom is -0.368 e. The number of nitrogens with two attached hydrogens (primary N) is 1. The van der Waals surface area contributed by atoms with E-state index in [1.807, 2.05) is 24.3 Å². The highest BCUT2D eigenvalue weighted by Crippen LogP contribution is 2.23. The van der Waals surface area contributed by atoms with Gasteiger partial charge >= 0.3 is 0 Å². The van der Waals surface area contributed by atoms with Gasteiger partial charge in [-0.3, -0.25) is 14.5 Å². The number of anilines is 1. The lowest BCUT2D eigenvalue weighted by molar-refractivity contribution is -0.125. The van der Waals surface area contributed by atoms with Crippen molar-refractivity contribution >= 4 is 29.1 Å². The summed E-state index contributed by atoms with van der Waals surface area (Å²) in [4.78, 5) is 25.8. The molecule has 1 aliphatic heterocycles. The Kier molecular flexibility index (Phi) is 5.01. The van der Waals surface area contributed by atoms with Crippen LogP contribution in [0.4, 0.5) is 10.1 Å². The number of amides is 2. The van der Waals surface area contributed by atoms with E-state index in [9.17, 15) is 14.0 Å². The second kappa shape index (κ2) is 7.21. The molecule has 0 aromatic heterocycles. The molecule has 1 atom stereocenters. The van der Waals surface area contributed by atoms with Crippen LogP contribution in [0.15, 0.2) is 42.5 Å². The largest absolute Gasteiger partial charge is 0.368 e. The van der Waals surface area contributed by atoms with Crippen molar-refractivity contribution in [2.24, 2.45) is 5.73 Å². The number of fused-ring (bicyclic) bond motifs is 1. The second-order valence-electron chi connectivity index (χ2n) is 5.97. The van der Waals surface area contributed by atoms with Crippen LogP contribution in [0.1, 0.15) is 11.1 Å². The topological polar surface area (TPSA) is 75.4 Å². The Labute approximate surface area is 149 Å². The lowest BCUT2D eigenvalue weighted by Gasteiger charge is -2.34. The summed E-state index contributed by atoms with van der Waals surface area (Å²) in [5.41, 5.74) is 8.03. The molecular formula is C18H17ClFN3O2. The summed E-state index contributed by atoms with van der Waals surface area (Å²) < 4.78 is 13.2. The Morgan fingerprint density at radius 1 is 1.24 bits per heavy atom. The summed E-state index contributed by atoms with van der Waals surface area (Å²) in [7, 11) is 0. The molecule has 0 aliphatic carbocycles. The van der Waals surface area contributed by atoms with Gasteiger partial charge in [0.2, 0.25) is 11.8 Å². The number of hydrogen-bond donors (Lipinski definition) is 2. The average Bonchev–Trinajstić information content (AvgIpc) is 2.57. The zero-order chi connectivity index (χ0) is 18.0. The molecule has 0 saturated heterocycles. The van der Waals surface area contributed by atoms with E-state index in [0.717, 1.165) is 11.1 Å². The lowest BCUT2D eigenvalue weighted by Crippen LogP contribution is -2.50. The van der Waals surface area contributed by atoms with Crippen LogP contribution in [0.5, 0.6) is 0 Å². The number of nitrogens with zero attached hydrogens (tertiary/aromatic N) is 1. The second-order valence-corrected chi connectivity index (χ2v) is 6.38. The number of carbonyl (C=O) groups is 2. The molecule has 1 heterocycles. The Bertz CT molecular complexity index is 828. The third-order valence-electron chi connectivity index (χ3n) is 4.22. The Morgan fingerprint density at radius 2 is 1.96 bits per heavy atom. The maximum atomic E-state index is 13.2. The highest BCUT2D eigenvalue weighted by molar-refractivity contribution is 6.31. The first-order chi connectivity index (χ1) is 11.9. The van der Waals surface area contributed by atoms with E-state index in [0.29, 0.717) is 18.7 Å². The summed E-state index contributed by atoms with van der Waals surface area (Å²) in [6.07, 6.45) is 0.473. The first kappa shape index (κ1) is 17.4. The Morgan fingerprint density at radius 3 is 2.64 bits per heavy atom. The van der Waals surface area contributed by atoms with E-state index in [-0.39, 0.29) is 17.5 Å². The minimum absolute atomic E-state index is 0.00304. The van der Waals surface area contributed by atoms with Gasteiger partial charge in [-0.1, -0.05) is 35.9 Å². The summed E-state index contributed by atoms with van der Waals surface area (Å²) in [5, 5.41) is 2.59. The number of halogens is 2. The zero-order valence-corrected chi connectivity index (χ0v) is 14.1. The third kappa shape index (κ3) is 3.97. The summed E-state index contributed by atoms with van der Waals surface area (Å²) >= 11 is 5.71. The van der Waals surface area contributed by atoms with E-state index >= 15 is 0 Å². The van der Waals surface area contributed by atoms with E-state index in [1.54, 1.807) is 4.90 Å². The molecule has 0 fully saturated rings. The van der Waals surface area contributed by atoms with Crippen LogP contribution in [0, 0.1) is 5.82 Å².